The van der Waals surface area contributed by atoms with Crippen LogP contribution < -0.4 is 0 Å². The molecule has 114 valence electrons. The van der Waals surface area contributed by atoms with E-state index in [1.54, 1.807) is 6.07 Å². The SMILES string of the molecule is C[C@]12CC[C@@H]3c4ccc(O)c(Cl)c4CC[C@H]3[C@@H]1CC[C@H]2O. The molecule has 2 N–H and O–H groups in total. The molecule has 1 aromatic carbocycles. The molecule has 3 aliphatic rings. The van der Waals surface area contributed by atoms with Gasteiger partial charge in [-0.1, -0.05) is 24.6 Å². The first-order valence-electron chi connectivity index (χ1n) is 8.20. The largest absolute Gasteiger partial charge is 0.506 e. The van der Waals surface area contributed by atoms with E-state index in [1.807, 2.05) is 0 Å². The van der Waals surface area contributed by atoms with Crippen molar-refractivity contribution in [3.8, 4) is 5.75 Å². The summed E-state index contributed by atoms with van der Waals surface area (Å²) >= 11 is 6.31. The van der Waals surface area contributed by atoms with Crippen molar-refractivity contribution in [2.24, 2.45) is 17.3 Å². The average Bonchev–Trinajstić information content (AvgIpc) is 2.78. The molecule has 2 nitrogen and oxygen atoms in total. The molecule has 0 amide bonds. The van der Waals surface area contributed by atoms with Crippen molar-refractivity contribution in [3.63, 3.8) is 0 Å². The Balaban J connectivity index is 1.74. The second-order valence-corrected chi connectivity index (χ2v) is 7.90. The molecule has 0 unspecified atom stereocenters. The highest BCUT2D eigenvalue weighted by Crippen LogP contribution is 2.61. The van der Waals surface area contributed by atoms with Crippen LogP contribution in [0.15, 0.2) is 12.1 Å². The van der Waals surface area contributed by atoms with Crippen LogP contribution in [0.2, 0.25) is 5.02 Å². The van der Waals surface area contributed by atoms with E-state index in [1.165, 1.54) is 17.5 Å². The van der Waals surface area contributed by atoms with Crippen molar-refractivity contribution in [3.05, 3.63) is 28.3 Å². The molecule has 2 fully saturated rings. The van der Waals surface area contributed by atoms with Gasteiger partial charge in [0.1, 0.15) is 5.75 Å². The first kappa shape index (κ1) is 13.9. The quantitative estimate of drug-likeness (QED) is 0.752. The maximum absolute atomic E-state index is 10.4. The maximum Gasteiger partial charge on any atom is 0.134 e. The van der Waals surface area contributed by atoms with Crippen LogP contribution in [0.25, 0.3) is 0 Å². The highest BCUT2D eigenvalue weighted by atomic mass is 35.5. The molecule has 3 aliphatic carbocycles. The fourth-order valence-electron chi connectivity index (χ4n) is 5.58. The maximum atomic E-state index is 10.4. The summed E-state index contributed by atoms with van der Waals surface area (Å²) in [5.41, 5.74) is 2.65. The summed E-state index contributed by atoms with van der Waals surface area (Å²) in [6, 6.07) is 3.84. The third-order valence-electron chi connectivity index (χ3n) is 6.77. The molecule has 0 radical (unpaired) electrons. The molecule has 5 atom stereocenters. The lowest BCUT2D eigenvalue weighted by molar-refractivity contribution is -0.0226. The standard InChI is InChI=1S/C18H23ClO2/c1-18-9-8-11-10-4-6-15(20)17(19)13(10)3-2-12(11)14(18)5-7-16(18)21/h4,6,11-12,14,16,20-21H,2-3,5,7-9H2,1H3/t11-,12-,14+,16-,18+/m1/s1. The molecule has 0 saturated heterocycles. The molecule has 0 aliphatic heterocycles. The number of hydrogen-bond donors (Lipinski definition) is 2. The molecule has 3 heteroatoms. The third kappa shape index (κ3) is 1.82. The predicted octanol–water partition coefficient (Wildman–Crippen LogP) is 4.26. The van der Waals surface area contributed by atoms with Gasteiger partial charge < -0.3 is 10.2 Å². The minimum atomic E-state index is -0.117. The number of aliphatic hydroxyl groups excluding tert-OH is 1. The van der Waals surface area contributed by atoms with Gasteiger partial charge in [-0.15, -0.1) is 0 Å². The minimum absolute atomic E-state index is 0.117. The molecule has 21 heavy (non-hydrogen) atoms. The Hall–Kier alpha value is -0.730. The zero-order chi connectivity index (χ0) is 14.8. The van der Waals surface area contributed by atoms with Gasteiger partial charge in [0.05, 0.1) is 11.1 Å². The van der Waals surface area contributed by atoms with Crippen molar-refractivity contribution >= 4 is 11.6 Å². The summed E-state index contributed by atoms with van der Waals surface area (Å²) in [6.07, 6.45) is 6.38. The molecule has 0 bridgehead atoms. The summed E-state index contributed by atoms with van der Waals surface area (Å²) in [6.45, 7) is 2.30. The second-order valence-electron chi connectivity index (χ2n) is 7.52. The van der Waals surface area contributed by atoms with Crippen molar-refractivity contribution in [1.29, 1.82) is 0 Å². The zero-order valence-corrected chi connectivity index (χ0v) is 13.2. The molecular weight excluding hydrogens is 284 g/mol. The van der Waals surface area contributed by atoms with Gasteiger partial charge in [0.15, 0.2) is 0 Å². The van der Waals surface area contributed by atoms with Crippen LogP contribution in [0.3, 0.4) is 0 Å². The van der Waals surface area contributed by atoms with Crippen molar-refractivity contribution in [2.45, 2.75) is 57.5 Å². The van der Waals surface area contributed by atoms with E-state index in [0.717, 1.165) is 32.1 Å². The summed E-state index contributed by atoms with van der Waals surface area (Å²) < 4.78 is 0. The van der Waals surface area contributed by atoms with E-state index < -0.39 is 0 Å². The predicted molar refractivity (Wildman–Crippen MR) is 83.7 cm³/mol. The lowest BCUT2D eigenvalue weighted by atomic mass is 9.55. The van der Waals surface area contributed by atoms with E-state index in [-0.39, 0.29) is 17.3 Å². The molecule has 4 rings (SSSR count). The normalized spacial score (nSPS) is 41.3. The van der Waals surface area contributed by atoms with Crippen molar-refractivity contribution in [2.75, 3.05) is 0 Å². The van der Waals surface area contributed by atoms with Gasteiger partial charge in [-0.2, -0.15) is 0 Å². The first-order valence-corrected chi connectivity index (χ1v) is 8.58. The Morgan fingerprint density at radius 2 is 2.00 bits per heavy atom. The molecule has 1 aromatic rings. The van der Waals surface area contributed by atoms with Crippen LogP contribution >= 0.6 is 11.6 Å². The fourth-order valence-corrected chi connectivity index (χ4v) is 5.85. The average molecular weight is 307 g/mol. The topological polar surface area (TPSA) is 40.5 Å². The third-order valence-corrected chi connectivity index (χ3v) is 7.20. The molecule has 0 spiro atoms. The van der Waals surface area contributed by atoms with Crippen molar-refractivity contribution in [1.82, 2.24) is 0 Å². The number of fused-ring (bicyclic) bond motifs is 5. The van der Waals surface area contributed by atoms with E-state index in [2.05, 4.69) is 13.0 Å². The van der Waals surface area contributed by atoms with Gasteiger partial charge in [-0.3, -0.25) is 0 Å². The summed E-state index contributed by atoms with van der Waals surface area (Å²) in [5.74, 6) is 2.10. The van der Waals surface area contributed by atoms with Gasteiger partial charge in [-0.25, -0.2) is 0 Å². The van der Waals surface area contributed by atoms with Crippen LogP contribution in [0.4, 0.5) is 0 Å². The molecule has 0 aromatic heterocycles. The number of phenols is 1. The van der Waals surface area contributed by atoms with Crippen LogP contribution in [0.1, 0.15) is 56.1 Å². The van der Waals surface area contributed by atoms with E-state index in [0.29, 0.717) is 22.8 Å². The smallest absolute Gasteiger partial charge is 0.134 e. The fraction of sp³-hybridized carbons (Fsp3) is 0.667. The number of benzene rings is 1. The minimum Gasteiger partial charge on any atom is -0.506 e. The molecule has 0 heterocycles. The van der Waals surface area contributed by atoms with E-state index >= 15 is 0 Å². The lowest BCUT2D eigenvalue weighted by Crippen LogP contribution is -2.43. The second kappa shape index (κ2) is 4.63. The van der Waals surface area contributed by atoms with Crippen LogP contribution in [0.5, 0.6) is 5.75 Å². The number of halogens is 1. The van der Waals surface area contributed by atoms with Crippen molar-refractivity contribution < 1.29 is 10.2 Å². The number of hydrogen-bond acceptors (Lipinski definition) is 2. The summed E-state index contributed by atoms with van der Waals surface area (Å²) in [4.78, 5) is 0. The van der Waals surface area contributed by atoms with Gasteiger partial charge in [0.2, 0.25) is 0 Å². The number of rotatable bonds is 0. The lowest BCUT2D eigenvalue weighted by Gasteiger charge is -2.50. The first-order chi connectivity index (χ1) is 10.0. The van der Waals surface area contributed by atoms with Gasteiger partial charge >= 0.3 is 0 Å². The molecular formula is C18H23ClO2. The Labute approximate surface area is 131 Å². The zero-order valence-electron chi connectivity index (χ0n) is 12.5. The van der Waals surface area contributed by atoms with Gasteiger partial charge in [-0.05, 0) is 78.9 Å². The van der Waals surface area contributed by atoms with E-state index in [4.69, 9.17) is 11.6 Å². The number of phenolic OH excluding ortho intramolecular Hbond substituents is 1. The highest BCUT2D eigenvalue weighted by molar-refractivity contribution is 6.32. The summed E-state index contributed by atoms with van der Waals surface area (Å²) in [5, 5.41) is 20.8. The van der Waals surface area contributed by atoms with Crippen LogP contribution in [0, 0.1) is 17.3 Å². The summed E-state index contributed by atoms with van der Waals surface area (Å²) in [7, 11) is 0. The monoisotopic (exact) mass is 306 g/mol. The van der Waals surface area contributed by atoms with Crippen LogP contribution in [-0.2, 0) is 6.42 Å². The Morgan fingerprint density at radius 3 is 2.81 bits per heavy atom. The van der Waals surface area contributed by atoms with Crippen LogP contribution in [-0.4, -0.2) is 16.3 Å². The Morgan fingerprint density at radius 1 is 1.19 bits per heavy atom. The number of aromatic hydroxyl groups is 1. The van der Waals surface area contributed by atoms with Gasteiger partial charge in [0, 0.05) is 0 Å². The van der Waals surface area contributed by atoms with E-state index in [9.17, 15) is 10.2 Å². The number of aliphatic hydroxyl groups is 1. The Bertz CT molecular complexity index is 585. The Kier molecular flexibility index (Phi) is 3.07. The highest BCUT2D eigenvalue weighted by Gasteiger charge is 2.54. The van der Waals surface area contributed by atoms with Gasteiger partial charge in [0.25, 0.3) is 0 Å². The molecule has 2 saturated carbocycles.